The van der Waals surface area contributed by atoms with Crippen LogP contribution >= 0.6 is 23.1 Å². The van der Waals surface area contributed by atoms with Gasteiger partial charge in [0.1, 0.15) is 17.8 Å². The molecule has 13 heteroatoms. The second-order valence-electron chi connectivity index (χ2n) is 7.61. The van der Waals surface area contributed by atoms with Crippen LogP contribution in [0.5, 0.6) is 23.0 Å². The highest BCUT2D eigenvalue weighted by molar-refractivity contribution is 8.00. The first-order valence-corrected chi connectivity index (χ1v) is 12.9. The van der Waals surface area contributed by atoms with Gasteiger partial charge in [-0.2, -0.15) is 0 Å². The molecular formula is C24H26N6O5S2. The van der Waals surface area contributed by atoms with Gasteiger partial charge in [0, 0.05) is 24.1 Å². The number of hydrogen-bond donors (Lipinski definition) is 0. The molecule has 0 N–H and O–H groups in total. The predicted octanol–water partition coefficient (Wildman–Crippen LogP) is 3.69. The van der Waals surface area contributed by atoms with E-state index in [1.54, 1.807) is 35.8 Å². The summed E-state index contributed by atoms with van der Waals surface area (Å²) in [5, 5.41) is 16.2. The maximum absolute atomic E-state index is 13.6. The fraction of sp³-hybridized carbons (Fsp3) is 0.292. The Balaban J connectivity index is 1.59. The van der Waals surface area contributed by atoms with E-state index in [9.17, 15) is 4.79 Å². The van der Waals surface area contributed by atoms with Gasteiger partial charge in [0.25, 0.3) is 0 Å². The fourth-order valence-electron chi connectivity index (χ4n) is 3.53. The molecule has 0 saturated carbocycles. The minimum absolute atomic E-state index is 0.0106. The second-order valence-corrected chi connectivity index (χ2v) is 9.67. The Kier molecular flexibility index (Phi) is 8.80. The molecular weight excluding hydrogens is 516 g/mol. The molecule has 4 rings (SSSR count). The van der Waals surface area contributed by atoms with Gasteiger partial charge in [-0.3, -0.25) is 4.79 Å². The van der Waals surface area contributed by atoms with Gasteiger partial charge < -0.3 is 23.8 Å². The van der Waals surface area contributed by atoms with Crippen LogP contribution in [0.25, 0.3) is 0 Å². The predicted molar refractivity (Wildman–Crippen MR) is 140 cm³/mol. The molecule has 0 spiro atoms. The molecule has 4 aromatic rings. The van der Waals surface area contributed by atoms with Gasteiger partial charge in [0.05, 0.1) is 46.4 Å². The molecule has 0 aliphatic carbocycles. The van der Waals surface area contributed by atoms with Crippen molar-refractivity contribution in [2.75, 3.05) is 33.3 Å². The Morgan fingerprint density at radius 3 is 2.32 bits per heavy atom. The summed E-state index contributed by atoms with van der Waals surface area (Å²) in [6, 6.07) is 11.0. The van der Waals surface area contributed by atoms with Crippen molar-refractivity contribution in [1.29, 1.82) is 0 Å². The van der Waals surface area contributed by atoms with Crippen LogP contribution in [0.4, 0.5) is 5.69 Å². The molecule has 2 aromatic heterocycles. The first-order valence-electron chi connectivity index (χ1n) is 11.1. The van der Waals surface area contributed by atoms with Crippen molar-refractivity contribution in [3.8, 4) is 23.0 Å². The van der Waals surface area contributed by atoms with E-state index in [1.165, 1.54) is 49.1 Å². The Bertz CT molecular complexity index is 1290. The standard InChI is InChI=1S/C24H26N6O5S2/c1-32-19-7-5-16(6-8-19)11-30(18-9-20(33-2)23(35-4)21(10-18)34-3)22(31)13-29-12-17(26-28-29)14-36-24-27-25-15-37-24/h5-10,12,15H,11,13-14H2,1-4H3. The third kappa shape index (κ3) is 6.49. The number of ether oxygens (including phenoxy) is 4. The van der Waals surface area contributed by atoms with Crippen LogP contribution in [0.15, 0.2) is 52.4 Å². The monoisotopic (exact) mass is 542 g/mol. The van der Waals surface area contributed by atoms with Gasteiger partial charge in [-0.05, 0) is 17.7 Å². The molecule has 0 unspecified atom stereocenters. The summed E-state index contributed by atoms with van der Waals surface area (Å²) in [5.74, 6) is 2.45. The lowest BCUT2D eigenvalue weighted by atomic mass is 10.1. The SMILES string of the molecule is COc1ccc(CN(C(=O)Cn2cc(CSc3nncs3)nn2)c2cc(OC)c(OC)c(OC)c2)cc1. The van der Waals surface area contributed by atoms with E-state index in [2.05, 4.69) is 20.5 Å². The lowest BCUT2D eigenvalue weighted by molar-refractivity contribution is -0.119. The number of hydrogen-bond acceptors (Lipinski definition) is 11. The van der Waals surface area contributed by atoms with E-state index in [-0.39, 0.29) is 12.5 Å². The summed E-state index contributed by atoms with van der Waals surface area (Å²) >= 11 is 2.98. The number of aromatic nitrogens is 5. The van der Waals surface area contributed by atoms with E-state index < -0.39 is 0 Å². The average molecular weight is 543 g/mol. The molecule has 0 saturated heterocycles. The Morgan fingerprint density at radius 1 is 1.00 bits per heavy atom. The third-order valence-electron chi connectivity index (χ3n) is 5.33. The van der Waals surface area contributed by atoms with Crippen LogP contribution < -0.4 is 23.8 Å². The van der Waals surface area contributed by atoms with Crippen molar-refractivity contribution in [3.05, 3.63) is 59.4 Å². The highest BCUT2D eigenvalue weighted by atomic mass is 32.2. The van der Waals surface area contributed by atoms with E-state index >= 15 is 0 Å². The van der Waals surface area contributed by atoms with Crippen LogP contribution in [0.1, 0.15) is 11.3 Å². The molecule has 0 bridgehead atoms. The third-order valence-corrected chi connectivity index (χ3v) is 7.22. The zero-order chi connectivity index (χ0) is 26.2. The van der Waals surface area contributed by atoms with Crippen LogP contribution in [0.3, 0.4) is 0 Å². The van der Waals surface area contributed by atoms with Gasteiger partial charge in [0.2, 0.25) is 11.7 Å². The smallest absolute Gasteiger partial charge is 0.249 e. The van der Waals surface area contributed by atoms with Crippen LogP contribution in [0, 0.1) is 0 Å². The zero-order valence-corrected chi connectivity index (χ0v) is 22.4. The maximum Gasteiger partial charge on any atom is 0.249 e. The number of thioether (sulfide) groups is 1. The number of rotatable bonds is 12. The number of anilines is 1. The van der Waals surface area contributed by atoms with Crippen molar-refractivity contribution >= 4 is 34.7 Å². The summed E-state index contributed by atoms with van der Waals surface area (Å²) in [7, 11) is 6.21. The summed E-state index contributed by atoms with van der Waals surface area (Å²) in [5.41, 5.74) is 3.92. The highest BCUT2D eigenvalue weighted by Crippen LogP contribution is 2.41. The van der Waals surface area contributed by atoms with Crippen molar-refractivity contribution in [3.63, 3.8) is 0 Å². The minimum Gasteiger partial charge on any atom is -0.497 e. The summed E-state index contributed by atoms with van der Waals surface area (Å²) < 4.78 is 24.1. The zero-order valence-electron chi connectivity index (χ0n) is 20.8. The molecule has 0 atom stereocenters. The minimum atomic E-state index is -0.196. The van der Waals surface area contributed by atoms with E-state index in [1.807, 2.05) is 24.3 Å². The number of nitrogens with zero attached hydrogens (tertiary/aromatic N) is 6. The highest BCUT2D eigenvalue weighted by Gasteiger charge is 2.22. The lowest BCUT2D eigenvalue weighted by Crippen LogP contribution is -2.33. The van der Waals surface area contributed by atoms with Gasteiger partial charge in [0.15, 0.2) is 15.8 Å². The molecule has 11 nitrogen and oxygen atoms in total. The molecule has 0 fully saturated rings. The van der Waals surface area contributed by atoms with Crippen molar-refractivity contribution < 1.29 is 23.7 Å². The quantitative estimate of drug-likeness (QED) is 0.246. The Labute approximate surface area is 222 Å². The number of methoxy groups -OCH3 is 4. The number of benzene rings is 2. The molecule has 194 valence electrons. The number of amides is 1. The first-order chi connectivity index (χ1) is 18.0. The van der Waals surface area contributed by atoms with Gasteiger partial charge >= 0.3 is 0 Å². The van der Waals surface area contributed by atoms with E-state index in [0.29, 0.717) is 35.2 Å². The summed E-state index contributed by atoms with van der Waals surface area (Å²) in [6.07, 6.45) is 1.76. The summed E-state index contributed by atoms with van der Waals surface area (Å²) in [6.45, 7) is 0.291. The Hall–Kier alpha value is -3.84. The van der Waals surface area contributed by atoms with Gasteiger partial charge in [-0.15, -0.1) is 15.3 Å². The normalized spacial score (nSPS) is 10.7. The Morgan fingerprint density at radius 2 is 1.73 bits per heavy atom. The first kappa shape index (κ1) is 26.2. The van der Waals surface area contributed by atoms with Gasteiger partial charge in [-0.25, -0.2) is 4.68 Å². The maximum atomic E-state index is 13.6. The molecule has 0 aliphatic heterocycles. The van der Waals surface area contributed by atoms with Crippen molar-refractivity contribution in [2.24, 2.45) is 0 Å². The fourth-order valence-corrected chi connectivity index (χ4v) is 4.89. The molecule has 0 radical (unpaired) electrons. The van der Waals surface area contributed by atoms with Gasteiger partial charge in [-0.1, -0.05) is 40.4 Å². The topological polar surface area (TPSA) is 114 Å². The molecule has 37 heavy (non-hydrogen) atoms. The van der Waals surface area contributed by atoms with Crippen molar-refractivity contribution in [2.45, 2.75) is 23.2 Å². The summed E-state index contributed by atoms with van der Waals surface area (Å²) in [4.78, 5) is 15.3. The van der Waals surface area contributed by atoms with E-state index in [4.69, 9.17) is 18.9 Å². The number of carbonyl (C=O) groups is 1. The van der Waals surface area contributed by atoms with Crippen LogP contribution in [-0.4, -0.2) is 59.5 Å². The molecule has 0 aliphatic rings. The number of carbonyl (C=O) groups excluding carboxylic acids is 1. The molecule has 1 amide bonds. The van der Waals surface area contributed by atoms with E-state index in [0.717, 1.165) is 21.3 Å². The largest absolute Gasteiger partial charge is 0.497 e. The molecule has 2 heterocycles. The lowest BCUT2D eigenvalue weighted by Gasteiger charge is -2.25. The van der Waals surface area contributed by atoms with Crippen molar-refractivity contribution in [1.82, 2.24) is 25.2 Å². The van der Waals surface area contributed by atoms with Crippen LogP contribution in [0.2, 0.25) is 0 Å². The van der Waals surface area contributed by atoms with Crippen LogP contribution in [-0.2, 0) is 23.6 Å². The molecule has 2 aromatic carbocycles. The average Bonchev–Trinajstić information content (AvgIpc) is 3.62. The second kappa shape index (κ2) is 12.4.